The standard InChI is InChI=1S/C18H22N4O2S/c1-15-12-20-22(13-15)18-7-10-21(11-8-18)25(23,24)14-17-4-2-16(3-5-17)6-9-19/h2-5,12-13,18H,6-8,10-11,14H2,1H3. The van der Waals surface area contributed by atoms with Gasteiger partial charge in [0.25, 0.3) is 0 Å². The molecule has 1 aliphatic rings. The first-order valence-corrected chi connectivity index (χ1v) is 10.0. The molecule has 0 spiro atoms. The van der Waals surface area contributed by atoms with Crippen LogP contribution in [0.4, 0.5) is 0 Å². The SMILES string of the molecule is Cc1cnn(C2CCN(S(=O)(=O)Cc3ccc(CC#N)cc3)CC2)c1. The molecule has 0 radical (unpaired) electrons. The van der Waals surface area contributed by atoms with Gasteiger partial charge in [-0.05, 0) is 36.5 Å². The van der Waals surface area contributed by atoms with Gasteiger partial charge in [0.05, 0.1) is 30.5 Å². The van der Waals surface area contributed by atoms with Crippen LogP contribution < -0.4 is 0 Å². The minimum Gasteiger partial charge on any atom is -0.269 e. The first-order chi connectivity index (χ1) is 12.0. The van der Waals surface area contributed by atoms with E-state index in [0.717, 1.165) is 29.5 Å². The van der Waals surface area contributed by atoms with E-state index in [-0.39, 0.29) is 11.8 Å². The van der Waals surface area contributed by atoms with E-state index in [0.29, 0.717) is 19.5 Å². The molecule has 6 nitrogen and oxygen atoms in total. The molecule has 132 valence electrons. The molecule has 1 fully saturated rings. The number of nitriles is 1. The summed E-state index contributed by atoms with van der Waals surface area (Å²) in [6, 6.07) is 9.59. The van der Waals surface area contributed by atoms with Crippen LogP contribution in [-0.2, 0) is 22.2 Å². The maximum atomic E-state index is 12.7. The smallest absolute Gasteiger partial charge is 0.218 e. The number of sulfonamides is 1. The molecule has 1 aliphatic heterocycles. The van der Waals surface area contributed by atoms with Crippen molar-refractivity contribution in [3.05, 3.63) is 53.3 Å². The molecular weight excluding hydrogens is 336 g/mol. The second-order valence-electron chi connectivity index (χ2n) is 6.54. The van der Waals surface area contributed by atoms with Gasteiger partial charge in [-0.15, -0.1) is 0 Å². The summed E-state index contributed by atoms with van der Waals surface area (Å²) in [6.07, 6.45) is 5.74. The van der Waals surface area contributed by atoms with Crippen molar-refractivity contribution in [1.82, 2.24) is 14.1 Å². The summed E-state index contributed by atoms with van der Waals surface area (Å²) in [5.41, 5.74) is 2.78. The van der Waals surface area contributed by atoms with Crippen molar-refractivity contribution in [3.8, 4) is 6.07 Å². The van der Waals surface area contributed by atoms with Gasteiger partial charge in [0.15, 0.2) is 0 Å². The first kappa shape index (κ1) is 17.6. The van der Waals surface area contributed by atoms with E-state index < -0.39 is 10.0 Å². The average molecular weight is 358 g/mol. The second-order valence-corrected chi connectivity index (χ2v) is 8.50. The summed E-state index contributed by atoms with van der Waals surface area (Å²) in [7, 11) is -3.32. The number of aromatic nitrogens is 2. The van der Waals surface area contributed by atoms with Gasteiger partial charge in [-0.25, -0.2) is 12.7 Å². The van der Waals surface area contributed by atoms with Crippen LogP contribution in [0.5, 0.6) is 0 Å². The fraction of sp³-hybridized carbons (Fsp3) is 0.444. The van der Waals surface area contributed by atoms with Gasteiger partial charge < -0.3 is 0 Å². The molecule has 2 heterocycles. The van der Waals surface area contributed by atoms with E-state index >= 15 is 0 Å². The molecule has 1 aromatic heterocycles. The zero-order chi connectivity index (χ0) is 17.9. The van der Waals surface area contributed by atoms with E-state index in [9.17, 15) is 8.42 Å². The summed E-state index contributed by atoms with van der Waals surface area (Å²) in [4.78, 5) is 0. The van der Waals surface area contributed by atoms with E-state index in [1.807, 2.05) is 36.1 Å². The van der Waals surface area contributed by atoms with Crippen molar-refractivity contribution < 1.29 is 8.42 Å². The Morgan fingerprint density at radius 3 is 2.40 bits per heavy atom. The maximum Gasteiger partial charge on any atom is 0.218 e. The number of hydrogen-bond acceptors (Lipinski definition) is 4. The van der Waals surface area contributed by atoms with E-state index in [4.69, 9.17) is 5.26 Å². The van der Waals surface area contributed by atoms with Gasteiger partial charge in [-0.1, -0.05) is 24.3 Å². The number of nitrogens with zero attached hydrogens (tertiary/aromatic N) is 4. The van der Waals surface area contributed by atoms with E-state index in [2.05, 4.69) is 11.2 Å². The summed E-state index contributed by atoms with van der Waals surface area (Å²) in [5.74, 6) is 0.00534. The first-order valence-electron chi connectivity index (χ1n) is 8.41. The van der Waals surface area contributed by atoms with Gasteiger partial charge in [0.2, 0.25) is 10.0 Å². The molecule has 0 aliphatic carbocycles. The number of aryl methyl sites for hydroxylation is 1. The van der Waals surface area contributed by atoms with Gasteiger partial charge in [-0.3, -0.25) is 4.68 Å². The minimum absolute atomic E-state index is 0.00534. The third kappa shape index (κ3) is 4.27. The fourth-order valence-corrected chi connectivity index (χ4v) is 4.73. The normalized spacial score (nSPS) is 16.6. The van der Waals surface area contributed by atoms with Crippen molar-refractivity contribution in [1.29, 1.82) is 5.26 Å². The van der Waals surface area contributed by atoms with Gasteiger partial charge >= 0.3 is 0 Å². The Morgan fingerprint density at radius 1 is 1.20 bits per heavy atom. The molecule has 25 heavy (non-hydrogen) atoms. The largest absolute Gasteiger partial charge is 0.269 e. The van der Waals surface area contributed by atoms with Gasteiger partial charge in [0, 0.05) is 19.3 Å². The highest BCUT2D eigenvalue weighted by molar-refractivity contribution is 7.88. The topological polar surface area (TPSA) is 79.0 Å². The van der Waals surface area contributed by atoms with Crippen LogP contribution in [0.2, 0.25) is 0 Å². The lowest BCUT2D eigenvalue weighted by molar-refractivity contribution is 0.261. The van der Waals surface area contributed by atoms with Crippen molar-refractivity contribution in [2.24, 2.45) is 0 Å². The van der Waals surface area contributed by atoms with Crippen LogP contribution in [0.1, 0.15) is 35.6 Å². The Labute approximate surface area is 148 Å². The van der Waals surface area contributed by atoms with Crippen LogP contribution >= 0.6 is 0 Å². The molecule has 0 unspecified atom stereocenters. The van der Waals surface area contributed by atoms with Crippen LogP contribution in [0, 0.1) is 18.3 Å². The predicted octanol–water partition coefficient (Wildman–Crippen LogP) is 2.42. The molecule has 0 atom stereocenters. The summed E-state index contributed by atoms with van der Waals surface area (Å²) < 4.78 is 28.9. The van der Waals surface area contributed by atoms with Crippen LogP contribution in [0.15, 0.2) is 36.7 Å². The molecule has 0 amide bonds. The molecule has 0 saturated carbocycles. The predicted molar refractivity (Wildman–Crippen MR) is 95.2 cm³/mol. The summed E-state index contributed by atoms with van der Waals surface area (Å²) in [5, 5.41) is 13.0. The lowest BCUT2D eigenvalue weighted by Gasteiger charge is -2.31. The zero-order valence-corrected chi connectivity index (χ0v) is 15.1. The molecule has 0 bridgehead atoms. The van der Waals surface area contributed by atoms with Crippen LogP contribution in [0.25, 0.3) is 0 Å². The minimum atomic E-state index is -3.32. The number of hydrogen-bond donors (Lipinski definition) is 0. The van der Waals surface area contributed by atoms with E-state index in [1.165, 1.54) is 0 Å². The molecular formula is C18H22N4O2S. The quantitative estimate of drug-likeness (QED) is 0.822. The second kappa shape index (κ2) is 7.38. The van der Waals surface area contributed by atoms with E-state index in [1.54, 1.807) is 16.4 Å². The molecule has 0 N–H and O–H groups in total. The lowest BCUT2D eigenvalue weighted by Crippen LogP contribution is -2.39. The van der Waals surface area contributed by atoms with Crippen LogP contribution in [-0.4, -0.2) is 35.6 Å². The molecule has 7 heteroatoms. The molecule has 3 rings (SSSR count). The third-order valence-electron chi connectivity index (χ3n) is 4.58. The van der Waals surface area contributed by atoms with Crippen molar-refractivity contribution in [3.63, 3.8) is 0 Å². The number of piperidine rings is 1. The van der Waals surface area contributed by atoms with Crippen LogP contribution in [0.3, 0.4) is 0 Å². The van der Waals surface area contributed by atoms with Gasteiger partial charge in [-0.2, -0.15) is 10.4 Å². The summed E-state index contributed by atoms with van der Waals surface area (Å²) in [6.45, 7) is 3.06. The van der Waals surface area contributed by atoms with Crippen molar-refractivity contribution in [2.45, 2.75) is 38.0 Å². The van der Waals surface area contributed by atoms with Crippen molar-refractivity contribution in [2.75, 3.05) is 13.1 Å². The zero-order valence-electron chi connectivity index (χ0n) is 14.3. The highest BCUT2D eigenvalue weighted by Gasteiger charge is 2.29. The Kier molecular flexibility index (Phi) is 5.21. The highest BCUT2D eigenvalue weighted by atomic mass is 32.2. The maximum absolute atomic E-state index is 12.7. The number of rotatable bonds is 5. The molecule has 1 saturated heterocycles. The Bertz CT molecular complexity index is 857. The lowest BCUT2D eigenvalue weighted by atomic mass is 10.1. The Balaban J connectivity index is 1.60. The van der Waals surface area contributed by atoms with Crippen molar-refractivity contribution >= 4 is 10.0 Å². The highest BCUT2D eigenvalue weighted by Crippen LogP contribution is 2.25. The third-order valence-corrected chi connectivity index (χ3v) is 6.43. The monoisotopic (exact) mass is 358 g/mol. The number of benzene rings is 1. The Hall–Kier alpha value is -2.17. The summed E-state index contributed by atoms with van der Waals surface area (Å²) >= 11 is 0. The Morgan fingerprint density at radius 2 is 1.84 bits per heavy atom. The molecule has 1 aromatic carbocycles. The fourth-order valence-electron chi connectivity index (χ4n) is 3.16. The average Bonchev–Trinajstić information content (AvgIpc) is 3.03. The van der Waals surface area contributed by atoms with Gasteiger partial charge in [0.1, 0.15) is 0 Å². The molecule has 2 aromatic rings.